The number of aromatic nitrogens is 1. The lowest BCUT2D eigenvalue weighted by Gasteiger charge is -2.05. The number of benzene rings is 2. The van der Waals surface area contributed by atoms with E-state index in [1.807, 2.05) is 0 Å². The van der Waals surface area contributed by atoms with Gasteiger partial charge in [0.15, 0.2) is 5.13 Å². The topological polar surface area (TPSA) is 80.3 Å². The lowest BCUT2D eigenvalue weighted by Crippen LogP contribution is -2.11. The summed E-state index contributed by atoms with van der Waals surface area (Å²) in [6.07, 6.45) is 0. The van der Waals surface area contributed by atoms with Crippen LogP contribution >= 0.6 is 22.9 Å². The van der Waals surface area contributed by atoms with Gasteiger partial charge in [0.1, 0.15) is 10.6 Å². The summed E-state index contributed by atoms with van der Waals surface area (Å²) in [4.78, 5) is 29.5. The lowest BCUT2D eigenvalue weighted by molar-refractivity contribution is 0.102. The Balaban J connectivity index is 1.70. The predicted molar refractivity (Wildman–Crippen MR) is 107 cm³/mol. The van der Waals surface area contributed by atoms with E-state index in [4.69, 9.17) is 16.3 Å². The van der Waals surface area contributed by atoms with Gasteiger partial charge in [0.2, 0.25) is 0 Å². The van der Waals surface area contributed by atoms with Gasteiger partial charge in [-0.25, -0.2) is 4.98 Å². The minimum Gasteiger partial charge on any atom is -0.497 e. The van der Waals surface area contributed by atoms with Crippen molar-refractivity contribution in [3.8, 4) is 5.75 Å². The molecule has 27 heavy (non-hydrogen) atoms. The summed E-state index contributed by atoms with van der Waals surface area (Å²) in [5.74, 6) is 0.0962. The smallest absolute Gasteiger partial charge is 0.267 e. The van der Waals surface area contributed by atoms with E-state index in [1.54, 1.807) is 62.6 Å². The van der Waals surface area contributed by atoms with Crippen LogP contribution in [0.25, 0.3) is 0 Å². The highest BCUT2D eigenvalue weighted by molar-refractivity contribution is 7.17. The summed E-state index contributed by atoms with van der Waals surface area (Å²) >= 11 is 6.94. The van der Waals surface area contributed by atoms with E-state index < -0.39 is 0 Å². The van der Waals surface area contributed by atoms with E-state index >= 15 is 0 Å². The number of halogens is 1. The van der Waals surface area contributed by atoms with Crippen LogP contribution in [0.1, 0.15) is 25.7 Å². The van der Waals surface area contributed by atoms with Gasteiger partial charge in [-0.1, -0.05) is 22.9 Å². The molecular weight excluding hydrogens is 386 g/mol. The minimum atomic E-state index is -0.317. The Kier molecular flexibility index (Phi) is 5.73. The van der Waals surface area contributed by atoms with Gasteiger partial charge >= 0.3 is 0 Å². The highest BCUT2D eigenvalue weighted by atomic mass is 35.5. The average Bonchev–Trinajstić information content (AvgIpc) is 3.03. The SMILES string of the molecule is COc1ccc(NC(=O)c2sc(NC(=O)c3ccc(Cl)cc3)nc2C)cc1. The molecule has 138 valence electrons. The monoisotopic (exact) mass is 401 g/mol. The molecule has 3 rings (SSSR count). The van der Waals surface area contributed by atoms with Crippen LogP contribution in [0.15, 0.2) is 48.5 Å². The van der Waals surface area contributed by atoms with Gasteiger partial charge in [-0.2, -0.15) is 0 Å². The molecule has 0 aliphatic heterocycles. The summed E-state index contributed by atoms with van der Waals surface area (Å²) in [6, 6.07) is 13.5. The highest BCUT2D eigenvalue weighted by Crippen LogP contribution is 2.25. The number of nitrogens with zero attached hydrogens (tertiary/aromatic N) is 1. The maximum absolute atomic E-state index is 12.5. The zero-order chi connectivity index (χ0) is 19.4. The second-order valence-corrected chi connectivity index (χ2v) is 7.01. The molecule has 0 atom stereocenters. The summed E-state index contributed by atoms with van der Waals surface area (Å²) in [6.45, 7) is 1.72. The first kappa shape index (κ1) is 18.9. The highest BCUT2D eigenvalue weighted by Gasteiger charge is 2.17. The summed E-state index contributed by atoms with van der Waals surface area (Å²) in [7, 11) is 1.58. The number of hydrogen-bond donors (Lipinski definition) is 2. The number of aryl methyl sites for hydroxylation is 1. The van der Waals surface area contributed by atoms with E-state index in [0.29, 0.717) is 37.7 Å². The van der Waals surface area contributed by atoms with Crippen LogP contribution in [0.5, 0.6) is 5.75 Å². The molecule has 2 N–H and O–H groups in total. The first-order valence-corrected chi connectivity index (χ1v) is 9.15. The molecule has 0 saturated heterocycles. The molecule has 1 aromatic heterocycles. The van der Waals surface area contributed by atoms with Crippen molar-refractivity contribution in [2.75, 3.05) is 17.7 Å². The molecule has 0 fully saturated rings. The van der Waals surface area contributed by atoms with Crippen molar-refractivity contribution in [2.24, 2.45) is 0 Å². The Morgan fingerprint density at radius 2 is 1.67 bits per heavy atom. The molecule has 1 heterocycles. The van der Waals surface area contributed by atoms with Crippen molar-refractivity contribution < 1.29 is 14.3 Å². The molecule has 2 amide bonds. The van der Waals surface area contributed by atoms with Crippen LogP contribution in [-0.4, -0.2) is 23.9 Å². The van der Waals surface area contributed by atoms with Gasteiger partial charge in [0.05, 0.1) is 12.8 Å². The van der Waals surface area contributed by atoms with Gasteiger partial charge in [-0.15, -0.1) is 0 Å². The standard InChI is InChI=1S/C19H16ClN3O3S/c1-11-16(18(25)22-14-7-9-15(26-2)10-8-14)27-19(21-11)23-17(24)12-3-5-13(20)6-4-12/h3-10H,1-2H3,(H,22,25)(H,21,23,24). The number of carbonyl (C=O) groups excluding carboxylic acids is 2. The number of hydrogen-bond acceptors (Lipinski definition) is 5. The van der Waals surface area contributed by atoms with E-state index in [0.717, 1.165) is 11.3 Å². The van der Waals surface area contributed by atoms with Crippen LogP contribution in [0.3, 0.4) is 0 Å². The number of amides is 2. The maximum Gasteiger partial charge on any atom is 0.267 e. The van der Waals surface area contributed by atoms with Crippen LogP contribution in [0, 0.1) is 6.92 Å². The summed E-state index contributed by atoms with van der Waals surface area (Å²) in [5.41, 5.74) is 1.63. The van der Waals surface area contributed by atoms with E-state index in [2.05, 4.69) is 15.6 Å². The van der Waals surface area contributed by atoms with Gasteiger partial charge in [-0.05, 0) is 55.5 Å². The Hall–Kier alpha value is -2.90. The van der Waals surface area contributed by atoms with Crippen molar-refractivity contribution in [2.45, 2.75) is 6.92 Å². The fourth-order valence-electron chi connectivity index (χ4n) is 2.29. The zero-order valence-electron chi connectivity index (χ0n) is 14.6. The van der Waals surface area contributed by atoms with Gasteiger partial charge < -0.3 is 10.1 Å². The molecule has 3 aromatic rings. The molecule has 0 radical (unpaired) electrons. The van der Waals surface area contributed by atoms with Crippen molar-refractivity contribution in [3.05, 3.63) is 69.7 Å². The van der Waals surface area contributed by atoms with E-state index in [9.17, 15) is 9.59 Å². The number of thiazole rings is 1. The number of methoxy groups -OCH3 is 1. The van der Waals surface area contributed by atoms with Crippen molar-refractivity contribution in [1.29, 1.82) is 0 Å². The molecule has 0 aliphatic carbocycles. The number of nitrogens with one attached hydrogen (secondary N) is 2. The third-order valence-electron chi connectivity index (χ3n) is 3.68. The molecule has 0 saturated carbocycles. The van der Waals surface area contributed by atoms with Crippen molar-refractivity contribution in [3.63, 3.8) is 0 Å². The Labute approximate surface area is 165 Å². The summed E-state index contributed by atoms with van der Waals surface area (Å²) < 4.78 is 5.09. The third kappa shape index (κ3) is 4.64. The largest absolute Gasteiger partial charge is 0.497 e. The van der Waals surface area contributed by atoms with E-state index in [1.165, 1.54) is 0 Å². The number of anilines is 2. The third-order valence-corrected chi connectivity index (χ3v) is 5.00. The van der Waals surface area contributed by atoms with Gasteiger partial charge in [0, 0.05) is 16.3 Å². The minimum absolute atomic E-state index is 0.290. The van der Waals surface area contributed by atoms with Crippen LogP contribution in [0.2, 0.25) is 5.02 Å². The Morgan fingerprint density at radius 1 is 1.00 bits per heavy atom. The number of rotatable bonds is 5. The average molecular weight is 402 g/mol. The second kappa shape index (κ2) is 8.20. The predicted octanol–water partition coefficient (Wildman–Crippen LogP) is 4.62. The molecule has 6 nitrogen and oxygen atoms in total. The van der Waals surface area contributed by atoms with Crippen LogP contribution in [0.4, 0.5) is 10.8 Å². The van der Waals surface area contributed by atoms with Crippen molar-refractivity contribution >= 4 is 45.6 Å². The fourth-order valence-corrected chi connectivity index (χ4v) is 3.28. The maximum atomic E-state index is 12.5. The molecule has 2 aromatic carbocycles. The first-order chi connectivity index (χ1) is 13.0. The molecule has 0 bridgehead atoms. The first-order valence-electron chi connectivity index (χ1n) is 7.96. The van der Waals surface area contributed by atoms with Crippen LogP contribution < -0.4 is 15.4 Å². The lowest BCUT2D eigenvalue weighted by atomic mass is 10.2. The second-order valence-electron chi connectivity index (χ2n) is 5.58. The Bertz CT molecular complexity index is 969. The molecule has 0 unspecified atom stereocenters. The number of carbonyl (C=O) groups is 2. The molecule has 0 aliphatic rings. The fraction of sp³-hybridized carbons (Fsp3) is 0.105. The van der Waals surface area contributed by atoms with E-state index in [-0.39, 0.29) is 11.8 Å². The van der Waals surface area contributed by atoms with Crippen molar-refractivity contribution in [1.82, 2.24) is 4.98 Å². The van der Waals surface area contributed by atoms with Gasteiger partial charge in [0.25, 0.3) is 11.8 Å². The normalized spacial score (nSPS) is 10.3. The Morgan fingerprint density at radius 3 is 2.30 bits per heavy atom. The van der Waals surface area contributed by atoms with Crippen LogP contribution in [-0.2, 0) is 0 Å². The van der Waals surface area contributed by atoms with Gasteiger partial charge in [-0.3, -0.25) is 14.9 Å². The number of ether oxygens (including phenoxy) is 1. The molecular formula is C19H16ClN3O3S. The zero-order valence-corrected chi connectivity index (χ0v) is 16.1. The quantitative estimate of drug-likeness (QED) is 0.653. The molecule has 8 heteroatoms. The summed E-state index contributed by atoms with van der Waals surface area (Å²) in [5, 5.41) is 6.41. The molecule has 0 spiro atoms.